The topological polar surface area (TPSA) is 61.8 Å². The minimum atomic E-state index is -5.75. The Morgan fingerprint density at radius 1 is 1.10 bits per heavy atom. The summed E-state index contributed by atoms with van der Waals surface area (Å²) < 4.78 is 78.1. The number of halogens is 3. The van der Waals surface area contributed by atoms with Crippen molar-refractivity contribution in [1.82, 2.24) is 0 Å². The van der Waals surface area contributed by atoms with E-state index in [1.165, 1.54) is 6.08 Å². The lowest BCUT2D eigenvalue weighted by Gasteiger charge is -2.40. The van der Waals surface area contributed by atoms with Crippen LogP contribution in [0.2, 0.25) is 18.1 Å². The molecule has 30 heavy (non-hydrogen) atoms. The fourth-order valence-corrected chi connectivity index (χ4v) is 4.66. The average molecular weight is 467 g/mol. The quantitative estimate of drug-likeness (QED) is 0.293. The van der Waals surface area contributed by atoms with Crippen molar-refractivity contribution in [2.75, 3.05) is 6.61 Å². The lowest BCUT2D eigenvalue weighted by Crippen LogP contribution is -2.45. The molecule has 170 valence electrons. The number of rotatable bonds is 8. The van der Waals surface area contributed by atoms with Gasteiger partial charge in [0.25, 0.3) is 0 Å². The van der Waals surface area contributed by atoms with Crippen molar-refractivity contribution >= 4 is 18.4 Å². The van der Waals surface area contributed by atoms with E-state index in [-0.39, 0.29) is 30.4 Å². The molecule has 1 aliphatic rings. The summed E-state index contributed by atoms with van der Waals surface area (Å²) in [6.45, 7) is 10.4. The Morgan fingerprint density at radius 3 is 2.23 bits per heavy atom. The summed E-state index contributed by atoms with van der Waals surface area (Å²) in [7, 11) is -8.01. The van der Waals surface area contributed by atoms with Crippen molar-refractivity contribution in [3.8, 4) is 0 Å². The van der Waals surface area contributed by atoms with E-state index >= 15 is 0 Å². The van der Waals surface area contributed by atoms with E-state index in [1.54, 1.807) is 0 Å². The first kappa shape index (κ1) is 24.9. The number of ether oxygens (including phenoxy) is 1. The van der Waals surface area contributed by atoms with Crippen LogP contribution in [0.15, 0.2) is 42.2 Å². The first-order chi connectivity index (χ1) is 13.6. The van der Waals surface area contributed by atoms with E-state index in [0.29, 0.717) is 0 Å². The molecule has 0 saturated heterocycles. The van der Waals surface area contributed by atoms with Gasteiger partial charge in [-0.3, -0.25) is 0 Å². The zero-order chi connectivity index (χ0) is 22.8. The van der Waals surface area contributed by atoms with Crippen LogP contribution in [0, 0.1) is 5.92 Å². The summed E-state index contributed by atoms with van der Waals surface area (Å²) in [5.74, 6) is -1.02. The Hall–Kier alpha value is -1.36. The molecule has 5 nitrogen and oxygen atoms in total. The van der Waals surface area contributed by atoms with Crippen LogP contribution in [0.3, 0.4) is 0 Å². The van der Waals surface area contributed by atoms with Gasteiger partial charge in [0.1, 0.15) is 5.76 Å². The minimum absolute atomic E-state index is 0.0204. The fraction of sp³-hybridized carbons (Fsp3) is 0.600. The van der Waals surface area contributed by atoms with Crippen molar-refractivity contribution in [3.63, 3.8) is 0 Å². The van der Waals surface area contributed by atoms with Gasteiger partial charge in [-0.2, -0.15) is 21.6 Å². The van der Waals surface area contributed by atoms with Crippen molar-refractivity contribution in [2.45, 2.75) is 63.5 Å². The Morgan fingerprint density at radius 2 is 1.70 bits per heavy atom. The van der Waals surface area contributed by atoms with Gasteiger partial charge in [-0.1, -0.05) is 51.1 Å². The van der Waals surface area contributed by atoms with Gasteiger partial charge in [0.15, 0.2) is 8.32 Å². The lowest BCUT2D eigenvalue weighted by atomic mass is 10.1. The van der Waals surface area contributed by atoms with Crippen LogP contribution >= 0.6 is 0 Å². The van der Waals surface area contributed by atoms with Crippen LogP contribution in [0.1, 0.15) is 32.8 Å². The largest absolute Gasteiger partial charge is 0.534 e. The molecular formula is C20H29F3O5SSi. The highest BCUT2D eigenvalue weighted by molar-refractivity contribution is 7.87. The third-order valence-corrected chi connectivity index (χ3v) is 11.0. The maximum atomic E-state index is 12.8. The van der Waals surface area contributed by atoms with Crippen LogP contribution in [-0.4, -0.2) is 35.0 Å². The van der Waals surface area contributed by atoms with Crippen molar-refractivity contribution < 1.29 is 34.9 Å². The molecule has 0 bridgehead atoms. The standard InChI is InChI=1S/C20H29F3O5SSi/c1-19(2,3)30(4,5)28-18-12-11-17(27-29(24,25)20(21,22)23)16(18)14-26-13-15-9-7-6-8-10-15/h6-11,16,18H,12-14H2,1-5H3. The van der Waals surface area contributed by atoms with Gasteiger partial charge in [0, 0.05) is 0 Å². The minimum Gasteiger partial charge on any atom is -0.413 e. The zero-order valence-corrected chi connectivity index (χ0v) is 19.6. The molecule has 0 amide bonds. The summed E-state index contributed by atoms with van der Waals surface area (Å²) in [6, 6.07) is 9.28. The van der Waals surface area contributed by atoms with Gasteiger partial charge >= 0.3 is 15.6 Å². The predicted octanol–water partition coefficient (Wildman–Crippen LogP) is 5.36. The van der Waals surface area contributed by atoms with E-state index in [4.69, 9.17) is 9.16 Å². The van der Waals surface area contributed by atoms with Gasteiger partial charge < -0.3 is 13.3 Å². The average Bonchev–Trinajstić information content (AvgIpc) is 2.94. The maximum Gasteiger partial charge on any atom is 0.534 e. The van der Waals surface area contributed by atoms with E-state index in [2.05, 4.69) is 4.18 Å². The molecule has 1 aromatic carbocycles. The highest BCUT2D eigenvalue weighted by Crippen LogP contribution is 2.42. The molecule has 0 fully saturated rings. The predicted molar refractivity (Wildman–Crippen MR) is 110 cm³/mol. The molecule has 0 aliphatic heterocycles. The Bertz CT molecular complexity index is 845. The number of hydrogen-bond acceptors (Lipinski definition) is 5. The zero-order valence-electron chi connectivity index (χ0n) is 17.8. The molecule has 0 aromatic heterocycles. The second-order valence-corrected chi connectivity index (χ2v) is 15.1. The third kappa shape index (κ3) is 6.09. The second kappa shape index (κ2) is 9.02. The van der Waals surface area contributed by atoms with Crippen LogP contribution in [0.4, 0.5) is 13.2 Å². The van der Waals surface area contributed by atoms with E-state index in [0.717, 1.165) is 5.56 Å². The van der Waals surface area contributed by atoms with Crippen LogP contribution in [0.25, 0.3) is 0 Å². The highest BCUT2D eigenvalue weighted by atomic mass is 32.2. The Balaban J connectivity index is 2.17. The number of benzene rings is 1. The first-order valence-corrected chi connectivity index (χ1v) is 14.0. The van der Waals surface area contributed by atoms with Gasteiger partial charge in [-0.05, 0) is 36.2 Å². The monoisotopic (exact) mass is 466 g/mol. The molecule has 1 aliphatic carbocycles. The molecule has 0 radical (unpaired) electrons. The molecule has 10 heteroatoms. The highest BCUT2D eigenvalue weighted by Gasteiger charge is 2.51. The lowest BCUT2D eigenvalue weighted by molar-refractivity contribution is -0.0536. The van der Waals surface area contributed by atoms with E-state index < -0.39 is 36.0 Å². The number of alkyl halides is 3. The fourth-order valence-electron chi connectivity index (χ4n) is 2.75. The molecule has 0 N–H and O–H groups in total. The van der Waals surface area contributed by atoms with Gasteiger partial charge in [0.05, 0.1) is 25.2 Å². The summed E-state index contributed by atoms with van der Waals surface area (Å²) in [5.41, 5.74) is -4.60. The molecule has 0 saturated carbocycles. The molecule has 0 spiro atoms. The van der Waals surface area contributed by atoms with Gasteiger partial charge in [-0.25, -0.2) is 0 Å². The Labute approximate surface area is 177 Å². The van der Waals surface area contributed by atoms with Crippen LogP contribution in [0.5, 0.6) is 0 Å². The Kier molecular flexibility index (Phi) is 7.48. The molecule has 0 heterocycles. The van der Waals surface area contributed by atoms with Crippen LogP contribution < -0.4 is 0 Å². The third-order valence-electron chi connectivity index (χ3n) is 5.52. The summed E-state index contributed by atoms with van der Waals surface area (Å²) in [6.07, 6.45) is 1.10. The number of hydrogen-bond donors (Lipinski definition) is 0. The molecular weight excluding hydrogens is 437 g/mol. The molecule has 1 aromatic rings. The normalized spacial score (nSPS) is 20.9. The summed E-state index contributed by atoms with van der Waals surface area (Å²) in [5, 5.41) is -0.121. The smallest absolute Gasteiger partial charge is 0.413 e. The second-order valence-electron chi connectivity index (χ2n) is 8.85. The molecule has 2 atom stereocenters. The van der Waals surface area contributed by atoms with Gasteiger partial charge in [-0.15, -0.1) is 0 Å². The van der Waals surface area contributed by atoms with Crippen molar-refractivity contribution in [3.05, 3.63) is 47.7 Å². The van der Waals surface area contributed by atoms with Crippen molar-refractivity contribution in [2.24, 2.45) is 5.92 Å². The van der Waals surface area contributed by atoms with E-state index in [9.17, 15) is 21.6 Å². The maximum absolute atomic E-state index is 12.8. The molecule has 2 unspecified atom stereocenters. The van der Waals surface area contributed by atoms with Crippen LogP contribution in [-0.2, 0) is 30.1 Å². The SMILES string of the molecule is CC(C)(C)[Si](C)(C)OC1CC=C(OS(=O)(=O)C(F)(F)F)C1COCc1ccccc1. The summed E-state index contributed by atoms with van der Waals surface area (Å²) in [4.78, 5) is 0. The molecule has 2 rings (SSSR count). The first-order valence-electron chi connectivity index (χ1n) is 9.64. The van der Waals surface area contributed by atoms with Crippen molar-refractivity contribution in [1.29, 1.82) is 0 Å². The van der Waals surface area contributed by atoms with E-state index in [1.807, 2.05) is 64.2 Å². The van der Waals surface area contributed by atoms with Gasteiger partial charge in [0.2, 0.25) is 0 Å². The summed E-state index contributed by atoms with van der Waals surface area (Å²) >= 11 is 0.